The van der Waals surface area contributed by atoms with E-state index in [2.05, 4.69) is 4.74 Å². The van der Waals surface area contributed by atoms with Gasteiger partial charge < -0.3 is 4.74 Å². The maximum atomic E-state index is 12.0. The maximum absolute atomic E-state index is 12.0. The second-order valence-corrected chi connectivity index (χ2v) is 2.29. The van der Waals surface area contributed by atoms with E-state index < -0.39 is 11.8 Å². The Morgan fingerprint density at radius 3 is 2.82 bits per heavy atom. The van der Waals surface area contributed by atoms with Crippen LogP contribution in [-0.4, -0.2) is 5.97 Å². The third-order valence-electron chi connectivity index (χ3n) is 1.30. The second-order valence-electron chi connectivity index (χ2n) is 2.29. The molecule has 0 heterocycles. The van der Waals surface area contributed by atoms with Crippen molar-refractivity contribution in [3.8, 4) is 6.07 Å². The number of nitriles is 1. The van der Waals surface area contributed by atoms with E-state index in [-0.39, 0.29) is 5.92 Å². The second kappa shape index (κ2) is 3.15. The number of nitrogens with zero attached hydrogens (tertiary/aromatic N) is 1. The summed E-state index contributed by atoms with van der Waals surface area (Å²) in [7, 11) is 0. The van der Waals surface area contributed by atoms with Crippen LogP contribution in [0, 0.1) is 17.2 Å². The Hall–Kier alpha value is -1.37. The molecule has 1 fully saturated rings. The van der Waals surface area contributed by atoms with E-state index in [4.69, 9.17) is 5.26 Å². The summed E-state index contributed by atoms with van der Waals surface area (Å²) in [5.74, 6) is -1.60. The maximum Gasteiger partial charge on any atom is 0.313 e. The van der Waals surface area contributed by atoms with Crippen LogP contribution < -0.4 is 0 Å². The van der Waals surface area contributed by atoms with Crippen LogP contribution in [0.1, 0.15) is 12.8 Å². The normalized spacial score (nSPS) is 17.3. The molecule has 0 aromatic carbocycles. The molecule has 0 amide bonds. The third-order valence-corrected chi connectivity index (χ3v) is 1.30. The monoisotopic (exact) mass is 155 g/mol. The van der Waals surface area contributed by atoms with Gasteiger partial charge in [-0.2, -0.15) is 9.65 Å². The molecule has 1 aliphatic rings. The number of carbonyl (C=O) groups is 1. The molecule has 0 aliphatic heterocycles. The average Bonchev–Trinajstić information content (AvgIpc) is 2.81. The lowest BCUT2D eigenvalue weighted by atomic mass is 10.4. The van der Waals surface area contributed by atoms with Gasteiger partial charge in [0.15, 0.2) is 0 Å². The highest BCUT2D eigenvalue weighted by atomic mass is 19.1. The molecule has 11 heavy (non-hydrogen) atoms. The Labute approximate surface area is 63.1 Å². The van der Waals surface area contributed by atoms with E-state index in [9.17, 15) is 9.18 Å². The number of hydrogen-bond donors (Lipinski definition) is 0. The SMILES string of the molecule is N#CC(F)=COC(=O)C1CC1. The van der Waals surface area contributed by atoms with Crippen LogP contribution in [0.15, 0.2) is 12.1 Å². The van der Waals surface area contributed by atoms with Crippen molar-refractivity contribution in [3.05, 3.63) is 12.1 Å². The topological polar surface area (TPSA) is 50.1 Å². The lowest BCUT2D eigenvalue weighted by molar-refractivity contribution is -0.139. The molecule has 4 heteroatoms. The predicted octanol–water partition coefficient (Wildman–Crippen LogP) is 1.27. The minimum Gasteiger partial charge on any atom is -0.430 e. The molecule has 1 saturated carbocycles. The Kier molecular flexibility index (Phi) is 2.21. The lowest BCUT2D eigenvalue weighted by Crippen LogP contribution is -2.01. The summed E-state index contributed by atoms with van der Waals surface area (Å²) in [6.07, 6.45) is 2.16. The van der Waals surface area contributed by atoms with Crippen molar-refractivity contribution in [1.82, 2.24) is 0 Å². The molecular weight excluding hydrogens is 149 g/mol. The Bertz CT molecular complexity index is 237. The molecule has 0 aromatic rings. The van der Waals surface area contributed by atoms with Gasteiger partial charge in [0.05, 0.1) is 5.92 Å². The fourth-order valence-electron chi connectivity index (χ4n) is 0.551. The first-order valence-electron chi connectivity index (χ1n) is 3.20. The Balaban J connectivity index is 2.31. The number of ether oxygens (including phenoxy) is 1. The molecule has 58 valence electrons. The molecule has 0 unspecified atom stereocenters. The molecular formula is C7H6FNO2. The first-order valence-corrected chi connectivity index (χ1v) is 3.20. The van der Waals surface area contributed by atoms with Crippen molar-refractivity contribution in [3.63, 3.8) is 0 Å². The number of rotatable bonds is 2. The van der Waals surface area contributed by atoms with Gasteiger partial charge in [-0.25, -0.2) is 0 Å². The Morgan fingerprint density at radius 2 is 2.36 bits per heavy atom. The number of carbonyl (C=O) groups excluding carboxylic acids is 1. The van der Waals surface area contributed by atoms with Gasteiger partial charge in [-0.15, -0.1) is 0 Å². The van der Waals surface area contributed by atoms with Crippen molar-refractivity contribution in [2.75, 3.05) is 0 Å². The van der Waals surface area contributed by atoms with E-state index in [1.807, 2.05) is 0 Å². The summed E-state index contributed by atoms with van der Waals surface area (Å²) in [4.78, 5) is 10.7. The van der Waals surface area contributed by atoms with Crippen molar-refractivity contribution < 1.29 is 13.9 Å². The molecule has 0 atom stereocenters. The minimum absolute atomic E-state index is 0.0715. The molecule has 0 aromatic heterocycles. The highest BCUT2D eigenvalue weighted by Crippen LogP contribution is 2.30. The first kappa shape index (κ1) is 7.73. The van der Waals surface area contributed by atoms with Crippen LogP contribution in [0.4, 0.5) is 4.39 Å². The van der Waals surface area contributed by atoms with Gasteiger partial charge in [-0.3, -0.25) is 4.79 Å². The third kappa shape index (κ3) is 2.38. The van der Waals surface area contributed by atoms with Crippen LogP contribution in [0.25, 0.3) is 0 Å². The zero-order chi connectivity index (χ0) is 8.27. The number of halogens is 1. The average molecular weight is 155 g/mol. The fraction of sp³-hybridized carbons (Fsp3) is 0.429. The largest absolute Gasteiger partial charge is 0.430 e. The summed E-state index contributed by atoms with van der Waals surface area (Å²) >= 11 is 0. The van der Waals surface area contributed by atoms with Gasteiger partial charge in [0, 0.05) is 0 Å². The van der Waals surface area contributed by atoms with E-state index in [0.717, 1.165) is 12.8 Å². The van der Waals surface area contributed by atoms with Crippen molar-refractivity contribution >= 4 is 5.97 Å². The van der Waals surface area contributed by atoms with Crippen LogP contribution in [0.3, 0.4) is 0 Å². The molecule has 1 rings (SSSR count). The zero-order valence-electron chi connectivity index (χ0n) is 5.71. The summed E-state index contributed by atoms with van der Waals surface area (Å²) in [5, 5.41) is 7.92. The van der Waals surface area contributed by atoms with Crippen molar-refractivity contribution in [2.45, 2.75) is 12.8 Å². The predicted molar refractivity (Wildman–Crippen MR) is 33.6 cm³/mol. The van der Waals surface area contributed by atoms with E-state index in [1.165, 1.54) is 6.07 Å². The molecule has 0 N–H and O–H groups in total. The van der Waals surface area contributed by atoms with E-state index >= 15 is 0 Å². The standard InChI is InChI=1S/C7H6FNO2/c8-6(3-9)4-11-7(10)5-1-2-5/h4-5H,1-2H2. The summed E-state index contributed by atoms with van der Waals surface area (Å²) < 4.78 is 16.3. The number of allylic oxidation sites excluding steroid dienone is 1. The molecule has 0 bridgehead atoms. The van der Waals surface area contributed by atoms with Gasteiger partial charge in [0.1, 0.15) is 12.3 Å². The van der Waals surface area contributed by atoms with Crippen LogP contribution in [0.2, 0.25) is 0 Å². The fourth-order valence-corrected chi connectivity index (χ4v) is 0.551. The molecule has 0 saturated heterocycles. The van der Waals surface area contributed by atoms with Crippen LogP contribution in [0.5, 0.6) is 0 Å². The number of esters is 1. The minimum atomic E-state index is -1.08. The molecule has 0 spiro atoms. The quantitative estimate of drug-likeness (QED) is 0.343. The molecule has 1 aliphatic carbocycles. The van der Waals surface area contributed by atoms with Crippen molar-refractivity contribution in [2.24, 2.45) is 5.92 Å². The first-order chi connectivity index (χ1) is 5.24. The lowest BCUT2D eigenvalue weighted by Gasteiger charge is -1.92. The van der Waals surface area contributed by atoms with E-state index in [1.54, 1.807) is 0 Å². The van der Waals surface area contributed by atoms with E-state index in [0.29, 0.717) is 6.26 Å². The van der Waals surface area contributed by atoms with Gasteiger partial charge in [0.25, 0.3) is 0 Å². The van der Waals surface area contributed by atoms with Gasteiger partial charge in [-0.05, 0) is 12.8 Å². The summed E-state index contributed by atoms with van der Waals surface area (Å²) in [6.45, 7) is 0. The smallest absolute Gasteiger partial charge is 0.313 e. The summed E-state index contributed by atoms with van der Waals surface area (Å²) in [6, 6.07) is 1.20. The van der Waals surface area contributed by atoms with Crippen molar-refractivity contribution in [1.29, 1.82) is 5.26 Å². The molecule has 0 radical (unpaired) electrons. The Morgan fingerprint density at radius 1 is 1.73 bits per heavy atom. The highest BCUT2D eigenvalue weighted by Gasteiger charge is 2.30. The van der Waals surface area contributed by atoms with Gasteiger partial charge in [0.2, 0.25) is 5.83 Å². The molecule has 3 nitrogen and oxygen atoms in total. The zero-order valence-corrected chi connectivity index (χ0v) is 5.71. The highest BCUT2D eigenvalue weighted by molar-refractivity contribution is 5.75. The van der Waals surface area contributed by atoms with Crippen LogP contribution in [-0.2, 0) is 9.53 Å². The van der Waals surface area contributed by atoms with Crippen LogP contribution >= 0.6 is 0 Å². The van der Waals surface area contributed by atoms with Gasteiger partial charge >= 0.3 is 5.97 Å². The van der Waals surface area contributed by atoms with Gasteiger partial charge in [-0.1, -0.05) is 0 Å². The summed E-state index contributed by atoms with van der Waals surface area (Å²) in [5.41, 5.74) is 0. The number of hydrogen-bond acceptors (Lipinski definition) is 3.